The van der Waals surface area contributed by atoms with Gasteiger partial charge in [0.25, 0.3) is 11.5 Å². The van der Waals surface area contributed by atoms with Gasteiger partial charge in [-0.1, -0.05) is 42.5 Å². The number of aromatic nitrogens is 3. The number of alkyl halides is 3. The molecule has 4 N–H and O–H groups in total. The van der Waals surface area contributed by atoms with Crippen LogP contribution in [0.5, 0.6) is 5.75 Å². The number of halogens is 5. The van der Waals surface area contributed by atoms with Crippen molar-refractivity contribution >= 4 is 28.9 Å². The van der Waals surface area contributed by atoms with Gasteiger partial charge in [-0.3, -0.25) is 14.2 Å². The first-order chi connectivity index (χ1) is 23.8. The molecule has 0 spiro atoms. The summed E-state index contributed by atoms with van der Waals surface area (Å²) in [5, 5.41) is 24.4. The normalized spacial score (nSPS) is 11.5. The van der Waals surface area contributed by atoms with E-state index in [-0.39, 0.29) is 28.8 Å². The van der Waals surface area contributed by atoms with Crippen LogP contribution in [0.3, 0.4) is 0 Å². The van der Waals surface area contributed by atoms with E-state index in [1.807, 2.05) is 12.1 Å². The Kier molecular flexibility index (Phi) is 10.5. The van der Waals surface area contributed by atoms with Crippen molar-refractivity contribution in [2.24, 2.45) is 0 Å². The van der Waals surface area contributed by atoms with Crippen molar-refractivity contribution in [3.63, 3.8) is 0 Å². The maximum absolute atomic E-state index is 15.1. The number of esters is 1. The first kappa shape index (κ1) is 35.6. The van der Waals surface area contributed by atoms with Crippen molar-refractivity contribution in [3.8, 4) is 22.7 Å². The van der Waals surface area contributed by atoms with E-state index in [1.54, 1.807) is 18.2 Å². The van der Waals surface area contributed by atoms with E-state index in [2.05, 4.69) is 20.6 Å². The molecule has 0 radical (unpaired) electrons. The number of benzene rings is 3. The number of carbonyl (C=O) groups is 2. The van der Waals surface area contributed by atoms with Crippen LogP contribution in [-0.2, 0) is 11.2 Å². The molecule has 2 aromatic heterocycles. The number of amides is 1. The number of rotatable bonds is 11. The first-order valence-electron chi connectivity index (χ1n) is 15.0. The molecule has 5 aromatic rings. The van der Waals surface area contributed by atoms with Gasteiger partial charge in [-0.25, -0.2) is 18.6 Å². The summed E-state index contributed by atoms with van der Waals surface area (Å²) >= 11 is 0. The lowest BCUT2D eigenvalue weighted by Crippen LogP contribution is -2.31. The smallest absolute Gasteiger partial charge is 0.418 e. The van der Waals surface area contributed by atoms with Crippen molar-refractivity contribution in [3.05, 3.63) is 111 Å². The summed E-state index contributed by atoms with van der Waals surface area (Å²) in [6.07, 6.45) is -5.14. The Hall–Kier alpha value is -5.74. The molecule has 0 aliphatic rings. The highest BCUT2D eigenvalue weighted by Gasteiger charge is 2.42. The summed E-state index contributed by atoms with van der Waals surface area (Å²) in [5.74, 6) is -7.21. The minimum Gasteiger partial charge on any atom is -0.418 e. The zero-order valence-corrected chi connectivity index (χ0v) is 26.1. The molecule has 11 nitrogen and oxygen atoms in total. The minimum atomic E-state index is -5.50. The highest BCUT2D eigenvalue weighted by molar-refractivity contribution is 6.03. The van der Waals surface area contributed by atoms with Crippen molar-refractivity contribution in [1.29, 1.82) is 0 Å². The molecule has 1 amide bonds. The Balaban J connectivity index is 1.78. The molecule has 0 atom stereocenters. The molecular formula is C34H28F5N5O6. The average molecular weight is 698 g/mol. The zero-order valence-electron chi connectivity index (χ0n) is 26.1. The number of para-hydroxylation sites is 1. The molecule has 0 saturated carbocycles. The maximum atomic E-state index is 15.1. The van der Waals surface area contributed by atoms with Crippen LogP contribution in [0.2, 0.25) is 0 Å². The van der Waals surface area contributed by atoms with E-state index in [4.69, 9.17) is 4.74 Å². The fourth-order valence-corrected chi connectivity index (χ4v) is 5.09. The third-order valence-electron chi connectivity index (χ3n) is 7.50. The number of nitrogens with zero attached hydrogens (tertiary/aromatic N) is 3. The van der Waals surface area contributed by atoms with Gasteiger partial charge >= 0.3 is 12.1 Å². The van der Waals surface area contributed by atoms with Gasteiger partial charge in [-0.15, -0.1) is 0 Å². The quantitative estimate of drug-likeness (QED) is 0.0902. The number of hydrogen-bond donors (Lipinski definition) is 4. The third-order valence-corrected chi connectivity index (χ3v) is 7.50. The molecule has 0 unspecified atom stereocenters. The summed E-state index contributed by atoms with van der Waals surface area (Å²) in [4.78, 5) is 47.6. The number of aliphatic hydroxyl groups is 2. The number of ether oxygens (including phenoxy) is 1. The summed E-state index contributed by atoms with van der Waals surface area (Å²) in [5.41, 5.74) is -2.45. The van der Waals surface area contributed by atoms with Gasteiger partial charge in [0.1, 0.15) is 17.3 Å². The van der Waals surface area contributed by atoms with Crippen LogP contribution in [0.1, 0.15) is 21.5 Å². The molecule has 3 aromatic carbocycles. The number of aryl methyl sites for hydroxylation is 1. The van der Waals surface area contributed by atoms with Gasteiger partial charge in [0.2, 0.25) is 5.95 Å². The van der Waals surface area contributed by atoms with Crippen molar-refractivity contribution in [2.45, 2.75) is 25.6 Å². The summed E-state index contributed by atoms with van der Waals surface area (Å²) in [6, 6.07) is 15.3. The highest BCUT2D eigenvalue weighted by Crippen LogP contribution is 2.40. The Morgan fingerprint density at radius 1 is 0.920 bits per heavy atom. The first-order valence-corrected chi connectivity index (χ1v) is 15.0. The Labute approximate surface area is 280 Å². The Bertz CT molecular complexity index is 2100. The maximum Gasteiger partial charge on any atom is 0.491 e. The van der Waals surface area contributed by atoms with Gasteiger partial charge in [0.05, 0.1) is 30.5 Å². The average Bonchev–Trinajstić information content (AvgIpc) is 3.08. The monoisotopic (exact) mass is 697 g/mol. The number of hydrogen-bond acceptors (Lipinski definition) is 9. The van der Waals surface area contributed by atoms with Gasteiger partial charge in [0.15, 0.2) is 11.4 Å². The number of anilines is 1. The van der Waals surface area contributed by atoms with Crippen LogP contribution < -0.4 is 20.9 Å². The summed E-state index contributed by atoms with van der Waals surface area (Å²) in [6.45, 7) is 0.133. The topological polar surface area (TPSA) is 156 Å². The van der Waals surface area contributed by atoms with Gasteiger partial charge in [-0.2, -0.15) is 18.2 Å². The van der Waals surface area contributed by atoms with Gasteiger partial charge in [0, 0.05) is 23.6 Å². The lowest BCUT2D eigenvalue weighted by atomic mass is 9.97. The number of pyridine rings is 1. The van der Waals surface area contributed by atoms with Gasteiger partial charge in [-0.05, 0) is 48.7 Å². The van der Waals surface area contributed by atoms with Crippen LogP contribution in [0.15, 0.2) is 77.6 Å². The molecule has 260 valence electrons. The molecule has 0 aliphatic carbocycles. The summed E-state index contributed by atoms with van der Waals surface area (Å²) < 4.78 is 76.5. The molecule has 0 bridgehead atoms. The summed E-state index contributed by atoms with van der Waals surface area (Å²) in [7, 11) is 0. The van der Waals surface area contributed by atoms with Crippen molar-refractivity contribution in [2.75, 3.05) is 25.1 Å². The second-order valence-corrected chi connectivity index (χ2v) is 10.9. The molecule has 0 saturated heterocycles. The third kappa shape index (κ3) is 7.45. The van der Waals surface area contributed by atoms with E-state index >= 15 is 8.78 Å². The molecule has 0 aliphatic heterocycles. The SMILES string of the molecule is Cc1ccc(C(=O)NCCc2ccccc2)c(OC(=O)C(F)(F)F)c1-c1nc(NC(CO)CO)nc2c1ccc(=O)n2-c1c(F)cccc1F. The number of aliphatic hydroxyl groups excluding tert-OH is 2. The second-order valence-electron chi connectivity index (χ2n) is 10.9. The minimum absolute atomic E-state index is 0.0490. The van der Waals surface area contributed by atoms with E-state index in [1.165, 1.54) is 13.0 Å². The fourth-order valence-electron chi connectivity index (χ4n) is 5.09. The lowest BCUT2D eigenvalue weighted by Gasteiger charge is -2.21. The highest BCUT2D eigenvalue weighted by atomic mass is 19.4. The number of fused-ring (bicyclic) bond motifs is 1. The largest absolute Gasteiger partial charge is 0.491 e. The molecular weight excluding hydrogens is 669 g/mol. The predicted octanol–water partition coefficient (Wildman–Crippen LogP) is 4.24. The van der Waals surface area contributed by atoms with E-state index in [9.17, 15) is 37.8 Å². The molecule has 0 fully saturated rings. The second kappa shape index (κ2) is 14.8. The Morgan fingerprint density at radius 2 is 1.60 bits per heavy atom. The molecule has 5 rings (SSSR count). The van der Waals surface area contributed by atoms with Crippen LogP contribution in [0.4, 0.5) is 27.9 Å². The van der Waals surface area contributed by atoms with E-state index < -0.39 is 83.1 Å². The number of nitrogens with one attached hydrogen (secondary N) is 2. The lowest BCUT2D eigenvalue weighted by molar-refractivity contribution is -0.189. The van der Waals surface area contributed by atoms with Gasteiger partial charge < -0.3 is 25.6 Å². The molecule has 2 heterocycles. The zero-order chi connectivity index (χ0) is 36.2. The van der Waals surface area contributed by atoms with Crippen LogP contribution in [0.25, 0.3) is 28.0 Å². The van der Waals surface area contributed by atoms with Crippen molar-refractivity contribution in [1.82, 2.24) is 19.9 Å². The fraction of sp³-hybridized carbons (Fsp3) is 0.206. The van der Waals surface area contributed by atoms with Crippen molar-refractivity contribution < 1.29 is 46.5 Å². The van der Waals surface area contributed by atoms with Crippen LogP contribution in [0, 0.1) is 18.6 Å². The predicted molar refractivity (Wildman–Crippen MR) is 171 cm³/mol. The van der Waals surface area contributed by atoms with E-state index in [0.717, 1.165) is 42.0 Å². The molecule has 50 heavy (non-hydrogen) atoms. The standard InChI is InChI=1S/C34H28F5N5O6/c1-18-10-11-22(31(48)40-15-14-19-6-3-2-4-7-19)29(50-32(49)34(37,38)39)26(18)27-21-12-13-25(47)44(28-23(35)8-5-9-24(28)36)30(21)43-33(42-27)41-20(16-45)17-46/h2-13,20,45-46H,14-17H2,1H3,(H,40,48)(H,41,42,43). The van der Waals surface area contributed by atoms with E-state index in [0.29, 0.717) is 11.0 Å². The van der Waals surface area contributed by atoms with Crippen LogP contribution >= 0.6 is 0 Å². The Morgan fingerprint density at radius 3 is 2.24 bits per heavy atom. The van der Waals surface area contributed by atoms with Crippen LogP contribution in [-0.4, -0.2) is 68.6 Å². The number of carbonyl (C=O) groups excluding carboxylic acids is 2. The molecule has 16 heteroatoms.